The number of aromatic nitrogens is 1. The summed E-state index contributed by atoms with van der Waals surface area (Å²) < 4.78 is 38.1. The third-order valence-corrected chi connectivity index (χ3v) is 7.89. The molecule has 3 heterocycles. The molecular formula is C21H23N3O4S2. The molecule has 5 rings (SSSR count). The summed E-state index contributed by atoms with van der Waals surface area (Å²) in [4.78, 5) is 6.81. The van der Waals surface area contributed by atoms with E-state index in [-0.39, 0.29) is 6.04 Å². The molecule has 2 aromatic carbocycles. The Morgan fingerprint density at radius 1 is 1.07 bits per heavy atom. The van der Waals surface area contributed by atoms with Crippen molar-refractivity contribution in [1.29, 1.82) is 0 Å². The molecule has 2 aliphatic heterocycles. The highest BCUT2D eigenvalue weighted by Crippen LogP contribution is 2.33. The number of nitrogens with zero attached hydrogens (tertiary/aromatic N) is 3. The topological polar surface area (TPSA) is 72.0 Å². The van der Waals surface area contributed by atoms with Crippen LogP contribution in [0.25, 0.3) is 10.2 Å². The molecule has 158 valence electrons. The Morgan fingerprint density at radius 2 is 1.83 bits per heavy atom. The van der Waals surface area contributed by atoms with Gasteiger partial charge in [-0.15, -0.1) is 0 Å². The summed E-state index contributed by atoms with van der Waals surface area (Å²) in [5.74, 6) is 1.51. The minimum Gasteiger partial charge on any atom is -0.492 e. The van der Waals surface area contributed by atoms with Gasteiger partial charge in [0.05, 0.1) is 16.5 Å². The molecule has 0 spiro atoms. The maximum Gasteiger partial charge on any atom is 0.279 e. The summed E-state index contributed by atoms with van der Waals surface area (Å²) in [6, 6.07) is 15.9. The van der Waals surface area contributed by atoms with E-state index in [2.05, 4.69) is 9.88 Å². The van der Waals surface area contributed by atoms with Gasteiger partial charge in [0.1, 0.15) is 18.1 Å². The summed E-state index contributed by atoms with van der Waals surface area (Å²) in [6.07, 6.45) is 2.22. The van der Waals surface area contributed by atoms with E-state index < -0.39 is 10.0 Å². The van der Waals surface area contributed by atoms with Crippen molar-refractivity contribution in [3.8, 4) is 16.7 Å². The van der Waals surface area contributed by atoms with Crippen molar-refractivity contribution in [1.82, 2.24) is 14.2 Å². The Morgan fingerprint density at radius 3 is 2.53 bits per heavy atom. The van der Waals surface area contributed by atoms with Gasteiger partial charge in [0.25, 0.3) is 5.19 Å². The van der Waals surface area contributed by atoms with Gasteiger partial charge in [-0.1, -0.05) is 23.5 Å². The number of hydrogen-bond donors (Lipinski definition) is 0. The number of benzene rings is 2. The number of piperazine rings is 1. The van der Waals surface area contributed by atoms with E-state index in [4.69, 9.17) is 9.47 Å². The Balaban J connectivity index is 1.11. The second kappa shape index (κ2) is 7.81. The molecule has 3 aromatic rings. The van der Waals surface area contributed by atoms with Crippen LogP contribution in [0.2, 0.25) is 0 Å². The van der Waals surface area contributed by atoms with E-state index in [1.165, 1.54) is 17.6 Å². The van der Waals surface area contributed by atoms with Crippen molar-refractivity contribution in [3.63, 3.8) is 0 Å². The van der Waals surface area contributed by atoms with E-state index in [0.29, 0.717) is 24.4 Å². The lowest BCUT2D eigenvalue weighted by molar-refractivity contribution is 0.153. The number of rotatable bonds is 7. The maximum absolute atomic E-state index is 11.8. The van der Waals surface area contributed by atoms with Crippen molar-refractivity contribution >= 4 is 31.6 Å². The summed E-state index contributed by atoms with van der Waals surface area (Å²) in [5, 5.41) is 0.622. The van der Waals surface area contributed by atoms with Gasteiger partial charge in [0, 0.05) is 31.7 Å². The molecule has 2 bridgehead atoms. The van der Waals surface area contributed by atoms with Crippen LogP contribution in [0.3, 0.4) is 0 Å². The highest BCUT2D eigenvalue weighted by atomic mass is 32.2. The number of ether oxygens (including phenoxy) is 2. The van der Waals surface area contributed by atoms with Crippen LogP contribution in [-0.4, -0.2) is 67.2 Å². The summed E-state index contributed by atoms with van der Waals surface area (Å²) in [6.45, 7) is 2.75. The third-order valence-electron chi connectivity index (χ3n) is 5.68. The van der Waals surface area contributed by atoms with Gasteiger partial charge in [-0.25, -0.2) is 13.4 Å². The quantitative estimate of drug-likeness (QED) is 0.556. The van der Waals surface area contributed by atoms with Crippen LogP contribution in [-0.2, 0) is 10.0 Å². The Kier molecular flexibility index (Phi) is 5.14. The third kappa shape index (κ3) is 4.02. The molecule has 2 saturated heterocycles. The largest absolute Gasteiger partial charge is 0.492 e. The van der Waals surface area contributed by atoms with Crippen LogP contribution in [0.1, 0.15) is 6.42 Å². The molecule has 0 aliphatic carbocycles. The van der Waals surface area contributed by atoms with E-state index in [1.54, 1.807) is 4.31 Å². The van der Waals surface area contributed by atoms with Gasteiger partial charge in [0.15, 0.2) is 0 Å². The van der Waals surface area contributed by atoms with E-state index in [1.807, 2.05) is 48.5 Å². The van der Waals surface area contributed by atoms with Gasteiger partial charge in [-0.2, -0.15) is 4.31 Å². The van der Waals surface area contributed by atoms with Crippen molar-refractivity contribution < 1.29 is 17.9 Å². The van der Waals surface area contributed by atoms with Crippen molar-refractivity contribution in [3.05, 3.63) is 48.5 Å². The molecule has 9 heteroatoms. The zero-order valence-corrected chi connectivity index (χ0v) is 18.2. The summed E-state index contributed by atoms with van der Waals surface area (Å²) in [7, 11) is -3.10. The van der Waals surface area contributed by atoms with Gasteiger partial charge in [-0.05, 0) is 42.8 Å². The molecule has 2 atom stereocenters. The van der Waals surface area contributed by atoms with Crippen molar-refractivity contribution in [2.45, 2.75) is 18.5 Å². The van der Waals surface area contributed by atoms with Crippen molar-refractivity contribution in [2.75, 3.05) is 32.5 Å². The predicted octanol–water partition coefficient (Wildman–Crippen LogP) is 3.19. The lowest BCUT2D eigenvalue weighted by Crippen LogP contribution is -2.49. The molecule has 2 fully saturated rings. The Labute approximate surface area is 179 Å². The lowest BCUT2D eigenvalue weighted by Gasteiger charge is -2.32. The number of thiazole rings is 1. The highest BCUT2D eigenvalue weighted by molar-refractivity contribution is 7.88. The first-order valence-electron chi connectivity index (χ1n) is 9.93. The average molecular weight is 446 g/mol. The fourth-order valence-electron chi connectivity index (χ4n) is 4.27. The monoisotopic (exact) mass is 445 g/mol. The second-order valence-electron chi connectivity index (χ2n) is 7.74. The molecule has 0 saturated carbocycles. The number of para-hydroxylation sites is 1. The molecular weight excluding hydrogens is 422 g/mol. The van der Waals surface area contributed by atoms with E-state index in [9.17, 15) is 8.42 Å². The molecule has 30 heavy (non-hydrogen) atoms. The summed E-state index contributed by atoms with van der Waals surface area (Å²) in [5.41, 5.74) is 0.938. The van der Waals surface area contributed by atoms with Crippen LogP contribution < -0.4 is 9.47 Å². The number of likely N-dealkylation sites (tertiary alicyclic amines) is 1. The van der Waals surface area contributed by atoms with Gasteiger partial charge < -0.3 is 9.47 Å². The first-order chi connectivity index (χ1) is 14.5. The standard InChI is InChI=1S/C21H23N3O4S2/c1-30(25,26)24-14-15-12-16(24)13-23(15)10-11-27-17-6-8-18(9-7-17)28-21-22-19-4-2-3-5-20(19)29-21/h2-9,15-16H,10-14H2,1H3/t15-,16-/m0/s1. The SMILES string of the molecule is CS(=O)(=O)N1C[C@@H]2C[C@H]1CN2CCOc1ccc(Oc2nc3ccccc3s2)cc1. The van der Waals surface area contributed by atoms with E-state index in [0.717, 1.165) is 41.2 Å². The zero-order valence-electron chi connectivity index (χ0n) is 16.6. The molecule has 0 N–H and O–H groups in total. The lowest BCUT2D eigenvalue weighted by atomic mass is 10.2. The number of sulfonamides is 1. The molecule has 0 unspecified atom stereocenters. The maximum atomic E-state index is 11.8. The van der Waals surface area contributed by atoms with Gasteiger partial charge in [0.2, 0.25) is 10.0 Å². The van der Waals surface area contributed by atoms with Crippen LogP contribution in [0.15, 0.2) is 48.5 Å². The van der Waals surface area contributed by atoms with Crippen LogP contribution in [0.4, 0.5) is 0 Å². The Bertz CT molecular complexity index is 1110. The van der Waals surface area contributed by atoms with Gasteiger partial charge >= 0.3 is 0 Å². The normalized spacial score (nSPS) is 22.0. The fourth-order valence-corrected chi connectivity index (χ4v) is 6.25. The van der Waals surface area contributed by atoms with E-state index >= 15 is 0 Å². The highest BCUT2D eigenvalue weighted by Gasteiger charge is 2.46. The van der Waals surface area contributed by atoms with Crippen molar-refractivity contribution in [2.24, 2.45) is 0 Å². The smallest absolute Gasteiger partial charge is 0.279 e. The second-order valence-corrected chi connectivity index (χ2v) is 10.7. The fraction of sp³-hybridized carbons (Fsp3) is 0.381. The molecule has 1 aromatic heterocycles. The predicted molar refractivity (Wildman–Crippen MR) is 117 cm³/mol. The average Bonchev–Trinajstić information content (AvgIpc) is 3.42. The molecule has 0 radical (unpaired) electrons. The Hall–Kier alpha value is -2.20. The van der Waals surface area contributed by atoms with Crippen LogP contribution in [0, 0.1) is 0 Å². The molecule has 7 nitrogen and oxygen atoms in total. The number of fused-ring (bicyclic) bond motifs is 3. The zero-order chi connectivity index (χ0) is 20.7. The van der Waals surface area contributed by atoms with Gasteiger partial charge in [-0.3, -0.25) is 4.90 Å². The minimum absolute atomic E-state index is 0.115. The summed E-state index contributed by atoms with van der Waals surface area (Å²) >= 11 is 1.52. The first-order valence-corrected chi connectivity index (χ1v) is 12.6. The van der Waals surface area contributed by atoms with Crippen LogP contribution >= 0.6 is 11.3 Å². The molecule has 0 amide bonds. The number of hydrogen-bond acceptors (Lipinski definition) is 7. The first kappa shape index (κ1) is 19.7. The molecule has 2 aliphatic rings. The van der Waals surface area contributed by atoms with Crippen LogP contribution in [0.5, 0.6) is 16.7 Å². The minimum atomic E-state index is -3.10.